The second-order valence-electron chi connectivity index (χ2n) is 7.84. The summed E-state index contributed by atoms with van der Waals surface area (Å²) in [5.41, 5.74) is -0.0345. The van der Waals surface area contributed by atoms with Gasteiger partial charge in [-0.05, 0) is 38.0 Å². The summed E-state index contributed by atoms with van der Waals surface area (Å²) in [6.45, 7) is 1.46. The van der Waals surface area contributed by atoms with Crippen LogP contribution in [0.4, 0.5) is 0 Å². The van der Waals surface area contributed by atoms with Crippen molar-refractivity contribution < 1.29 is 14.7 Å². The average Bonchev–Trinajstić information content (AvgIpc) is 2.94. The van der Waals surface area contributed by atoms with Gasteiger partial charge < -0.3 is 15.7 Å². The van der Waals surface area contributed by atoms with Gasteiger partial charge in [0, 0.05) is 13.0 Å². The third kappa shape index (κ3) is 5.34. The number of benzene rings is 1. The van der Waals surface area contributed by atoms with Crippen LogP contribution in [0.2, 0.25) is 5.02 Å². The highest BCUT2D eigenvalue weighted by atomic mass is 35.5. The largest absolute Gasteiger partial charge is 0.373 e. The smallest absolute Gasteiger partial charge is 0.351 e. The maximum Gasteiger partial charge on any atom is 0.351 e. The Labute approximate surface area is 185 Å². The third-order valence-electron chi connectivity index (χ3n) is 5.69. The van der Waals surface area contributed by atoms with E-state index in [1.54, 1.807) is 13.0 Å². The van der Waals surface area contributed by atoms with Crippen molar-refractivity contribution in [3.63, 3.8) is 0 Å². The molecule has 1 aromatic carbocycles. The first-order valence-electron chi connectivity index (χ1n) is 10.5. The number of hydrogen-bond acceptors (Lipinski definition) is 5. The van der Waals surface area contributed by atoms with E-state index in [0.29, 0.717) is 11.5 Å². The third-order valence-corrected chi connectivity index (χ3v) is 6.02. The lowest BCUT2D eigenvalue weighted by atomic mass is 9.98. The number of aliphatic hydroxyl groups excluding tert-OH is 1. The number of carbonyl (C=O) groups excluding carboxylic acids is 2. The van der Waals surface area contributed by atoms with Crippen LogP contribution in [0.25, 0.3) is 5.69 Å². The highest BCUT2D eigenvalue weighted by molar-refractivity contribution is 6.33. The van der Waals surface area contributed by atoms with E-state index in [2.05, 4.69) is 15.7 Å². The van der Waals surface area contributed by atoms with Crippen molar-refractivity contribution in [2.75, 3.05) is 7.05 Å². The molecule has 0 aliphatic heterocycles. The molecule has 1 aromatic heterocycles. The van der Waals surface area contributed by atoms with Crippen molar-refractivity contribution in [1.82, 2.24) is 25.0 Å². The number of aliphatic hydroxyl groups is 1. The lowest BCUT2D eigenvalue weighted by molar-refractivity contribution is -0.121. The summed E-state index contributed by atoms with van der Waals surface area (Å²) in [5.74, 6) is -0.469. The molecule has 3 N–H and O–H groups in total. The van der Waals surface area contributed by atoms with E-state index < -0.39 is 17.8 Å². The fraction of sp³-hybridized carbons (Fsp3) is 0.524. The second-order valence-corrected chi connectivity index (χ2v) is 8.24. The van der Waals surface area contributed by atoms with Crippen LogP contribution in [0.15, 0.2) is 23.0 Å². The Hall–Kier alpha value is -2.65. The zero-order valence-electron chi connectivity index (χ0n) is 17.7. The fourth-order valence-corrected chi connectivity index (χ4v) is 4.05. The number of carbonyl (C=O) groups is 2. The van der Waals surface area contributed by atoms with Gasteiger partial charge in [0.1, 0.15) is 18.6 Å². The van der Waals surface area contributed by atoms with Gasteiger partial charge in [-0.25, -0.2) is 4.79 Å². The van der Waals surface area contributed by atoms with Crippen molar-refractivity contribution in [3.8, 4) is 5.69 Å². The summed E-state index contributed by atoms with van der Waals surface area (Å²) >= 11 is 6.23. The predicted molar refractivity (Wildman–Crippen MR) is 116 cm³/mol. The number of rotatable bonds is 6. The standard InChI is InChI=1S/C21H28ClN5O4/c1-13-25-27(21(31)26(13)12-18(28)23-2)15-9-10-17(22)16(11-15)20(30)24-19(29)14-7-5-3-4-6-8-14/h9-11,14,19,29H,3-8,12H2,1-2H3,(H,23,28)(H,24,30). The first kappa shape index (κ1) is 23.0. The topological polar surface area (TPSA) is 118 Å². The van der Waals surface area contributed by atoms with E-state index in [1.807, 2.05) is 0 Å². The summed E-state index contributed by atoms with van der Waals surface area (Å²) in [6, 6.07) is 4.53. The Morgan fingerprint density at radius 3 is 2.58 bits per heavy atom. The van der Waals surface area contributed by atoms with Gasteiger partial charge in [-0.15, -0.1) is 0 Å². The molecule has 10 heteroatoms. The molecule has 1 fully saturated rings. The Bertz CT molecular complexity index is 1010. The summed E-state index contributed by atoms with van der Waals surface area (Å²) < 4.78 is 2.36. The molecule has 1 aliphatic rings. The number of likely N-dealkylation sites (N-methyl/N-ethyl adjacent to an activating group) is 1. The number of nitrogens with zero attached hydrogens (tertiary/aromatic N) is 3. The zero-order valence-corrected chi connectivity index (χ0v) is 18.5. The van der Waals surface area contributed by atoms with Crippen LogP contribution in [0.5, 0.6) is 0 Å². The number of halogens is 1. The molecule has 31 heavy (non-hydrogen) atoms. The number of aryl methyl sites for hydroxylation is 1. The minimum absolute atomic E-state index is 0.0130. The summed E-state index contributed by atoms with van der Waals surface area (Å²) in [5, 5.41) is 20.0. The first-order chi connectivity index (χ1) is 14.8. The van der Waals surface area contributed by atoms with Gasteiger partial charge >= 0.3 is 5.69 Å². The van der Waals surface area contributed by atoms with Crippen molar-refractivity contribution in [2.24, 2.45) is 5.92 Å². The Morgan fingerprint density at radius 2 is 1.94 bits per heavy atom. The van der Waals surface area contributed by atoms with Crippen molar-refractivity contribution in [2.45, 2.75) is 58.2 Å². The minimum atomic E-state index is -0.956. The monoisotopic (exact) mass is 449 g/mol. The maximum atomic E-state index is 12.8. The molecule has 2 aromatic rings. The van der Waals surface area contributed by atoms with Gasteiger partial charge in [-0.1, -0.05) is 37.3 Å². The minimum Gasteiger partial charge on any atom is -0.373 e. The van der Waals surface area contributed by atoms with Gasteiger partial charge in [0.25, 0.3) is 5.91 Å². The van der Waals surface area contributed by atoms with Gasteiger partial charge in [-0.3, -0.25) is 14.2 Å². The van der Waals surface area contributed by atoms with Crippen LogP contribution < -0.4 is 16.3 Å². The zero-order chi connectivity index (χ0) is 22.5. The first-order valence-corrected chi connectivity index (χ1v) is 10.9. The van der Waals surface area contributed by atoms with Gasteiger partial charge in [0.15, 0.2) is 0 Å². The van der Waals surface area contributed by atoms with Gasteiger partial charge in [0.2, 0.25) is 5.91 Å². The SMILES string of the molecule is CNC(=O)Cn1c(C)nn(-c2ccc(Cl)c(C(=O)NC(O)C3CCCCCC3)c2)c1=O. The number of aromatic nitrogens is 3. The highest BCUT2D eigenvalue weighted by Gasteiger charge is 2.24. The molecule has 1 saturated carbocycles. The van der Waals surface area contributed by atoms with Crippen molar-refractivity contribution >= 4 is 23.4 Å². The van der Waals surface area contributed by atoms with E-state index in [4.69, 9.17) is 11.6 Å². The van der Waals surface area contributed by atoms with E-state index >= 15 is 0 Å². The van der Waals surface area contributed by atoms with E-state index in [1.165, 1.54) is 23.7 Å². The summed E-state index contributed by atoms with van der Waals surface area (Å²) in [4.78, 5) is 37.2. The van der Waals surface area contributed by atoms with E-state index in [-0.39, 0.29) is 29.0 Å². The molecule has 3 rings (SSSR count). The van der Waals surface area contributed by atoms with E-state index in [0.717, 1.165) is 43.2 Å². The molecular weight excluding hydrogens is 422 g/mol. The van der Waals surface area contributed by atoms with Crippen LogP contribution in [-0.2, 0) is 11.3 Å². The molecule has 168 valence electrons. The average molecular weight is 450 g/mol. The molecule has 0 bridgehead atoms. The summed E-state index contributed by atoms with van der Waals surface area (Å²) in [6.07, 6.45) is 5.14. The van der Waals surface area contributed by atoms with Crippen LogP contribution in [0, 0.1) is 12.8 Å². The van der Waals surface area contributed by atoms with Crippen LogP contribution in [0.3, 0.4) is 0 Å². The quantitative estimate of drug-likeness (QED) is 0.458. The molecule has 0 spiro atoms. The molecule has 1 atom stereocenters. The van der Waals surface area contributed by atoms with Gasteiger partial charge in [0.05, 0.1) is 16.3 Å². The molecular formula is C21H28ClN5O4. The maximum absolute atomic E-state index is 12.8. The number of hydrogen-bond donors (Lipinski definition) is 3. The highest BCUT2D eigenvalue weighted by Crippen LogP contribution is 2.25. The number of nitrogens with one attached hydrogen (secondary N) is 2. The van der Waals surface area contributed by atoms with Crippen LogP contribution >= 0.6 is 11.6 Å². The molecule has 0 radical (unpaired) electrons. The Kier molecular flexibility index (Phi) is 7.50. The summed E-state index contributed by atoms with van der Waals surface area (Å²) in [7, 11) is 1.49. The molecule has 1 unspecified atom stereocenters. The predicted octanol–water partition coefficient (Wildman–Crippen LogP) is 1.76. The number of amides is 2. The lowest BCUT2D eigenvalue weighted by Crippen LogP contribution is -2.40. The van der Waals surface area contributed by atoms with Crippen LogP contribution in [0.1, 0.15) is 54.7 Å². The van der Waals surface area contributed by atoms with Gasteiger partial charge in [-0.2, -0.15) is 9.78 Å². The van der Waals surface area contributed by atoms with E-state index in [9.17, 15) is 19.5 Å². The molecule has 2 amide bonds. The molecule has 9 nitrogen and oxygen atoms in total. The molecule has 1 heterocycles. The second kappa shape index (κ2) is 10.1. The normalized spacial score (nSPS) is 15.9. The van der Waals surface area contributed by atoms with Crippen molar-refractivity contribution in [1.29, 1.82) is 0 Å². The fourth-order valence-electron chi connectivity index (χ4n) is 3.84. The van der Waals surface area contributed by atoms with Crippen LogP contribution in [-0.4, -0.2) is 44.5 Å². The molecule has 0 saturated heterocycles. The molecule has 1 aliphatic carbocycles. The Morgan fingerprint density at radius 1 is 1.26 bits per heavy atom. The van der Waals surface area contributed by atoms with Crippen molar-refractivity contribution in [3.05, 3.63) is 45.1 Å². The Balaban J connectivity index is 1.83. The lowest BCUT2D eigenvalue weighted by Gasteiger charge is -2.22.